The van der Waals surface area contributed by atoms with Crippen molar-refractivity contribution in [1.29, 1.82) is 0 Å². The number of rotatable bonds is 4. The second-order valence-corrected chi connectivity index (χ2v) is 3.51. The van der Waals surface area contributed by atoms with Crippen molar-refractivity contribution in [3.8, 4) is 0 Å². The second kappa shape index (κ2) is 4.28. The first-order valence-electron chi connectivity index (χ1n) is 4.40. The van der Waals surface area contributed by atoms with Gasteiger partial charge in [-0.3, -0.25) is 4.74 Å². The molecule has 0 bridgehead atoms. The highest BCUT2D eigenvalue weighted by molar-refractivity contribution is 4.75. The summed E-state index contributed by atoms with van der Waals surface area (Å²) in [6.45, 7) is 4.62. The van der Waals surface area contributed by atoms with E-state index >= 15 is 0 Å². The lowest BCUT2D eigenvalue weighted by molar-refractivity contribution is -0.324. The van der Waals surface area contributed by atoms with E-state index in [-0.39, 0.29) is 6.61 Å². The topological polar surface area (TPSA) is 12.5 Å². The van der Waals surface area contributed by atoms with Crippen LogP contribution in [0, 0.1) is 5.92 Å². The second-order valence-electron chi connectivity index (χ2n) is 3.51. The Bertz CT molecular complexity index is 154. The first-order chi connectivity index (χ1) is 5.97. The lowest BCUT2D eigenvalue weighted by Crippen LogP contribution is -2.45. The standard InChI is InChI=1S/C8H14F3NO/c1-7-5-12(6-7)3-2-4-13-8(9,10)11/h7H,2-6H2,1H3. The largest absolute Gasteiger partial charge is 0.522 e. The number of ether oxygens (including phenoxy) is 1. The van der Waals surface area contributed by atoms with E-state index in [2.05, 4.69) is 16.6 Å². The fraction of sp³-hybridized carbons (Fsp3) is 1.00. The summed E-state index contributed by atoms with van der Waals surface area (Å²) in [4.78, 5) is 2.13. The van der Waals surface area contributed by atoms with Crippen LogP contribution in [0.2, 0.25) is 0 Å². The molecule has 0 spiro atoms. The Morgan fingerprint density at radius 1 is 1.38 bits per heavy atom. The number of nitrogens with zero attached hydrogens (tertiary/aromatic N) is 1. The van der Waals surface area contributed by atoms with Gasteiger partial charge in [-0.15, -0.1) is 13.2 Å². The molecule has 0 N–H and O–H groups in total. The normalized spacial score (nSPS) is 20.3. The minimum atomic E-state index is -4.47. The lowest BCUT2D eigenvalue weighted by atomic mass is 10.0. The molecule has 13 heavy (non-hydrogen) atoms. The molecule has 0 aromatic rings. The van der Waals surface area contributed by atoms with E-state index in [0.29, 0.717) is 18.9 Å². The van der Waals surface area contributed by atoms with Crippen molar-refractivity contribution in [1.82, 2.24) is 4.90 Å². The van der Waals surface area contributed by atoms with Gasteiger partial charge in [0.05, 0.1) is 6.61 Å². The first-order valence-corrected chi connectivity index (χ1v) is 4.40. The van der Waals surface area contributed by atoms with Crippen LogP contribution in [0.25, 0.3) is 0 Å². The van der Waals surface area contributed by atoms with E-state index in [1.54, 1.807) is 0 Å². The molecule has 78 valence electrons. The van der Waals surface area contributed by atoms with Crippen LogP contribution >= 0.6 is 0 Å². The van der Waals surface area contributed by atoms with E-state index < -0.39 is 6.36 Å². The van der Waals surface area contributed by atoms with E-state index in [0.717, 1.165) is 13.1 Å². The quantitative estimate of drug-likeness (QED) is 0.638. The molecule has 5 heteroatoms. The Hall–Kier alpha value is -0.290. The Kier molecular flexibility index (Phi) is 3.55. The molecule has 0 unspecified atom stereocenters. The molecule has 1 fully saturated rings. The maximum Gasteiger partial charge on any atom is 0.522 e. The molecular weight excluding hydrogens is 183 g/mol. The van der Waals surface area contributed by atoms with Crippen LogP contribution in [-0.2, 0) is 4.74 Å². The van der Waals surface area contributed by atoms with Gasteiger partial charge in [-0.05, 0) is 12.3 Å². The predicted molar refractivity (Wildman–Crippen MR) is 42.2 cm³/mol. The number of halogens is 3. The molecule has 1 heterocycles. The van der Waals surface area contributed by atoms with Gasteiger partial charge in [-0.2, -0.15) is 0 Å². The number of alkyl halides is 3. The maximum absolute atomic E-state index is 11.5. The molecule has 0 aliphatic carbocycles. The fourth-order valence-electron chi connectivity index (χ4n) is 1.49. The molecule has 1 aliphatic heterocycles. The third kappa shape index (κ3) is 4.47. The highest BCUT2D eigenvalue weighted by Gasteiger charge is 2.29. The van der Waals surface area contributed by atoms with Gasteiger partial charge >= 0.3 is 6.36 Å². The number of hydrogen-bond acceptors (Lipinski definition) is 2. The van der Waals surface area contributed by atoms with Crippen LogP contribution in [-0.4, -0.2) is 37.5 Å². The minimum Gasteiger partial charge on any atom is -0.303 e. The summed E-state index contributed by atoms with van der Waals surface area (Å²) in [6, 6.07) is 0. The van der Waals surface area contributed by atoms with Crippen LogP contribution in [0.4, 0.5) is 13.2 Å². The van der Waals surface area contributed by atoms with Crippen molar-refractivity contribution < 1.29 is 17.9 Å². The van der Waals surface area contributed by atoms with Gasteiger partial charge in [-0.1, -0.05) is 6.92 Å². The smallest absolute Gasteiger partial charge is 0.303 e. The Morgan fingerprint density at radius 2 is 2.00 bits per heavy atom. The molecule has 0 amide bonds. The molecule has 1 saturated heterocycles. The van der Waals surface area contributed by atoms with Crippen LogP contribution in [0.15, 0.2) is 0 Å². The summed E-state index contributed by atoms with van der Waals surface area (Å²) in [5.41, 5.74) is 0. The SMILES string of the molecule is CC1CN(CCCOC(F)(F)F)C1. The minimum absolute atomic E-state index is 0.228. The average Bonchev–Trinajstić information content (AvgIpc) is 1.91. The molecule has 0 radical (unpaired) electrons. The summed E-state index contributed by atoms with van der Waals surface area (Å²) in [5, 5.41) is 0. The zero-order chi connectivity index (χ0) is 9.90. The molecule has 0 aromatic heterocycles. The zero-order valence-corrected chi connectivity index (χ0v) is 7.60. The average molecular weight is 197 g/mol. The highest BCUT2D eigenvalue weighted by Crippen LogP contribution is 2.17. The van der Waals surface area contributed by atoms with Crippen molar-refractivity contribution in [2.24, 2.45) is 5.92 Å². The fourth-order valence-corrected chi connectivity index (χ4v) is 1.49. The first kappa shape index (κ1) is 10.8. The maximum atomic E-state index is 11.5. The van der Waals surface area contributed by atoms with Gasteiger partial charge in [0.2, 0.25) is 0 Å². The van der Waals surface area contributed by atoms with E-state index in [9.17, 15) is 13.2 Å². The van der Waals surface area contributed by atoms with Crippen LogP contribution in [0.1, 0.15) is 13.3 Å². The predicted octanol–water partition coefficient (Wildman–Crippen LogP) is 1.86. The number of hydrogen-bond donors (Lipinski definition) is 0. The summed E-state index contributed by atoms with van der Waals surface area (Å²) >= 11 is 0. The van der Waals surface area contributed by atoms with E-state index in [4.69, 9.17) is 0 Å². The molecular formula is C8H14F3NO. The summed E-state index contributed by atoms with van der Waals surface area (Å²) in [7, 11) is 0. The van der Waals surface area contributed by atoms with Gasteiger partial charge in [0, 0.05) is 19.6 Å². The molecule has 2 nitrogen and oxygen atoms in total. The lowest BCUT2D eigenvalue weighted by Gasteiger charge is -2.37. The van der Waals surface area contributed by atoms with Gasteiger partial charge in [-0.25, -0.2) is 0 Å². The molecule has 0 aromatic carbocycles. The Labute approximate surface area is 75.7 Å². The van der Waals surface area contributed by atoms with Gasteiger partial charge < -0.3 is 4.90 Å². The number of likely N-dealkylation sites (tertiary alicyclic amines) is 1. The highest BCUT2D eigenvalue weighted by atomic mass is 19.4. The monoisotopic (exact) mass is 197 g/mol. The van der Waals surface area contributed by atoms with Crippen molar-refractivity contribution >= 4 is 0 Å². The van der Waals surface area contributed by atoms with Gasteiger partial charge in [0.15, 0.2) is 0 Å². The molecule has 1 aliphatic rings. The summed E-state index contributed by atoms with van der Waals surface area (Å²) in [6.07, 6.45) is -4.02. The van der Waals surface area contributed by atoms with Crippen LogP contribution in [0.5, 0.6) is 0 Å². The summed E-state index contributed by atoms with van der Waals surface area (Å²) in [5.74, 6) is 0.698. The van der Waals surface area contributed by atoms with Crippen molar-refractivity contribution in [2.75, 3.05) is 26.2 Å². The Morgan fingerprint density at radius 3 is 2.46 bits per heavy atom. The summed E-state index contributed by atoms with van der Waals surface area (Å²) < 4.78 is 38.2. The van der Waals surface area contributed by atoms with Crippen LogP contribution in [0.3, 0.4) is 0 Å². The van der Waals surface area contributed by atoms with Crippen molar-refractivity contribution in [2.45, 2.75) is 19.7 Å². The van der Waals surface area contributed by atoms with Gasteiger partial charge in [0.1, 0.15) is 0 Å². The van der Waals surface area contributed by atoms with E-state index in [1.807, 2.05) is 0 Å². The van der Waals surface area contributed by atoms with Crippen molar-refractivity contribution in [3.05, 3.63) is 0 Å². The van der Waals surface area contributed by atoms with Crippen molar-refractivity contribution in [3.63, 3.8) is 0 Å². The molecule has 1 rings (SSSR count). The van der Waals surface area contributed by atoms with E-state index in [1.165, 1.54) is 0 Å². The zero-order valence-electron chi connectivity index (χ0n) is 7.60. The van der Waals surface area contributed by atoms with Gasteiger partial charge in [0.25, 0.3) is 0 Å². The third-order valence-electron chi connectivity index (χ3n) is 2.02. The molecule has 0 saturated carbocycles. The Balaban J connectivity index is 1.90. The van der Waals surface area contributed by atoms with Crippen LogP contribution < -0.4 is 0 Å². The third-order valence-corrected chi connectivity index (χ3v) is 2.02. The molecule has 0 atom stereocenters.